The molecule has 0 spiro atoms. The first-order valence-electron chi connectivity index (χ1n) is 6.11. The number of hydrogen-bond acceptors (Lipinski definition) is 2. The van der Waals surface area contributed by atoms with Crippen molar-refractivity contribution in [2.24, 2.45) is 0 Å². The molecule has 0 bridgehead atoms. The van der Waals surface area contributed by atoms with Crippen LogP contribution in [-0.4, -0.2) is 33.3 Å². The molecule has 4 nitrogen and oxygen atoms in total. The largest absolute Gasteiger partial charge is 0.351 e. The lowest BCUT2D eigenvalue weighted by Crippen LogP contribution is -2.60. The van der Waals surface area contributed by atoms with E-state index in [1.165, 1.54) is 0 Å². The van der Waals surface area contributed by atoms with Gasteiger partial charge in [-0.3, -0.25) is 4.79 Å². The number of carbonyl (C=O) groups excluding carboxylic acids is 1. The molecule has 0 saturated carbocycles. The second-order valence-electron chi connectivity index (χ2n) is 5.36. The Kier molecular flexibility index (Phi) is 3.65. The summed E-state index contributed by atoms with van der Waals surface area (Å²) in [5.74, 6) is 0.0614. The molecule has 0 radical (unpaired) electrons. The van der Waals surface area contributed by atoms with Crippen molar-refractivity contribution >= 4 is 5.91 Å². The lowest BCUT2D eigenvalue weighted by atomic mass is 9.85. The van der Waals surface area contributed by atoms with Crippen LogP contribution in [0, 0.1) is 0 Å². The minimum Gasteiger partial charge on any atom is -0.351 e. The number of rotatable bonds is 2. The van der Waals surface area contributed by atoms with Crippen molar-refractivity contribution in [2.45, 2.75) is 71.0 Å². The van der Waals surface area contributed by atoms with Gasteiger partial charge in [-0.25, -0.2) is 0 Å². The van der Waals surface area contributed by atoms with Gasteiger partial charge in [-0.1, -0.05) is 18.9 Å². The lowest BCUT2D eigenvalue weighted by molar-refractivity contribution is -0.236. The molecule has 16 heavy (non-hydrogen) atoms. The van der Waals surface area contributed by atoms with Crippen molar-refractivity contribution in [2.75, 3.05) is 0 Å². The monoisotopic (exact) mass is 229 g/mol. The molecule has 0 aliphatic carbocycles. The van der Waals surface area contributed by atoms with E-state index >= 15 is 0 Å². The fraction of sp³-hybridized carbons (Fsp3) is 0.917. The van der Waals surface area contributed by atoms with Crippen LogP contribution in [0.3, 0.4) is 0 Å². The third kappa shape index (κ3) is 1.96. The molecule has 4 heteroatoms. The van der Waals surface area contributed by atoms with Gasteiger partial charge in [0, 0.05) is 0 Å². The van der Waals surface area contributed by atoms with Gasteiger partial charge < -0.3 is 10.5 Å². The Bertz CT molecular complexity index is 282. The summed E-state index contributed by atoms with van der Waals surface area (Å²) in [6.07, 6.45) is 2.08. The summed E-state index contributed by atoms with van der Waals surface area (Å²) in [6, 6.07) is 0.0101. The van der Waals surface area contributed by atoms with Crippen LogP contribution in [-0.2, 0) is 4.79 Å². The maximum atomic E-state index is 11.8. The summed E-state index contributed by atoms with van der Waals surface area (Å²) in [6.45, 7) is 10.2. The minimum atomic E-state index is -0.362. The van der Waals surface area contributed by atoms with Gasteiger partial charge in [0.05, 0.1) is 18.0 Å². The first-order chi connectivity index (χ1) is 7.30. The number of hydrogen-bond donors (Lipinski definition) is 1. The Morgan fingerprint density at radius 2 is 2.00 bits per heavy atom. The molecule has 1 saturated heterocycles. The van der Waals surface area contributed by atoms with E-state index in [2.05, 4.69) is 19.2 Å². The van der Waals surface area contributed by atoms with Gasteiger partial charge in [-0.15, -0.1) is 0 Å². The smallest absolute Gasteiger partial charge is 0.222 e. The predicted molar refractivity (Wildman–Crippen MR) is 65.1 cm³/mol. The fourth-order valence-corrected chi connectivity index (χ4v) is 2.43. The lowest BCUT2D eigenvalue weighted by Gasteiger charge is -2.42. The quantitative estimate of drug-likeness (QED) is 0.723. The Hall–Kier alpha value is -0.610. The first kappa shape index (κ1) is 13.5. The molecule has 3 atom stereocenters. The van der Waals surface area contributed by atoms with Crippen LogP contribution in [0.4, 0.5) is 0 Å². The van der Waals surface area contributed by atoms with Gasteiger partial charge in [0.1, 0.15) is 5.54 Å². The molecule has 1 heterocycles. The van der Waals surface area contributed by atoms with Gasteiger partial charge >= 0.3 is 0 Å². The summed E-state index contributed by atoms with van der Waals surface area (Å²) >= 11 is 0. The second kappa shape index (κ2) is 4.34. The summed E-state index contributed by atoms with van der Waals surface area (Å²) in [5, 5.41) is 13.0. The highest BCUT2D eigenvalue weighted by atomic mass is 16.5. The van der Waals surface area contributed by atoms with Crippen LogP contribution >= 0.6 is 0 Å². The van der Waals surface area contributed by atoms with Gasteiger partial charge in [0.25, 0.3) is 0 Å². The summed E-state index contributed by atoms with van der Waals surface area (Å²) in [5.41, 5.74) is -0.656. The molecule has 3 unspecified atom stereocenters. The molecule has 0 aromatic carbocycles. The summed E-state index contributed by atoms with van der Waals surface area (Å²) in [4.78, 5) is 11.8. The van der Waals surface area contributed by atoms with E-state index in [4.69, 9.17) is 5.21 Å². The summed E-state index contributed by atoms with van der Waals surface area (Å²) < 4.78 is 0. The van der Waals surface area contributed by atoms with Crippen molar-refractivity contribution in [3.8, 4) is 0 Å². The van der Waals surface area contributed by atoms with Gasteiger partial charge in [-0.05, 0) is 33.6 Å². The number of hydroxylamine groups is 2. The van der Waals surface area contributed by atoms with Crippen LogP contribution in [0.25, 0.3) is 0 Å². The van der Waals surface area contributed by atoms with Crippen LogP contribution in [0.5, 0.6) is 0 Å². The molecule has 94 valence electrons. The number of nitrogens with zero attached hydrogens (tertiary/aromatic N) is 1. The second-order valence-corrected chi connectivity index (χ2v) is 5.36. The van der Waals surface area contributed by atoms with Crippen LogP contribution in [0.2, 0.25) is 0 Å². The van der Waals surface area contributed by atoms with Crippen molar-refractivity contribution in [1.82, 2.24) is 10.4 Å². The number of carbonyl (C=O) groups is 1. The third-order valence-corrected chi connectivity index (χ3v) is 4.38. The fourth-order valence-electron chi connectivity index (χ4n) is 2.43. The Morgan fingerprint density at radius 3 is 2.44 bits per heavy atom. The zero-order chi connectivity index (χ0) is 12.6. The Morgan fingerprint density at radius 1 is 1.44 bits per heavy atom. The van der Waals surface area contributed by atoms with E-state index in [-0.39, 0.29) is 23.0 Å². The molecular weight excluding hydrogens is 204 g/mol. The maximum absolute atomic E-state index is 11.8. The number of amides is 1. The molecule has 1 aliphatic heterocycles. The highest BCUT2D eigenvalue weighted by Crippen LogP contribution is 2.35. The molecule has 0 aromatic heterocycles. The molecule has 1 rings (SSSR count). The SMILES string of the molecule is CCC1(C)CC(=O)NC(C)C(C)(CC)N1[OH2+]. The first-order valence-corrected chi connectivity index (χ1v) is 6.11. The zero-order valence-electron chi connectivity index (χ0n) is 11.1. The predicted octanol–water partition coefficient (Wildman–Crippen LogP) is 1.17. The van der Waals surface area contributed by atoms with Crippen molar-refractivity contribution in [1.29, 1.82) is 0 Å². The minimum absolute atomic E-state index is 0.0101. The molecule has 3 N–H and O–H groups in total. The molecule has 0 aromatic rings. The van der Waals surface area contributed by atoms with E-state index in [1.807, 2.05) is 20.8 Å². The normalized spacial score (nSPS) is 41.6. The molecular formula is C12H25N2O2+. The average molecular weight is 229 g/mol. The molecule has 1 amide bonds. The van der Waals surface area contributed by atoms with E-state index in [0.29, 0.717) is 6.42 Å². The van der Waals surface area contributed by atoms with Crippen molar-refractivity contribution in [3.63, 3.8) is 0 Å². The van der Waals surface area contributed by atoms with E-state index < -0.39 is 0 Å². The molecule has 1 aliphatic rings. The summed E-state index contributed by atoms with van der Waals surface area (Å²) in [7, 11) is 0. The number of nitrogens with one attached hydrogen (secondary N) is 1. The van der Waals surface area contributed by atoms with Crippen LogP contribution in [0.15, 0.2) is 0 Å². The van der Waals surface area contributed by atoms with Crippen molar-refractivity contribution in [3.05, 3.63) is 0 Å². The highest BCUT2D eigenvalue weighted by molar-refractivity contribution is 5.78. The third-order valence-electron chi connectivity index (χ3n) is 4.38. The van der Waals surface area contributed by atoms with E-state index in [9.17, 15) is 4.79 Å². The topological polar surface area (TPSA) is 55.2 Å². The van der Waals surface area contributed by atoms with E-state index in [0.717, 1.165) is 12.8 Å². The maximum Gasteiger partial charge on any atom is 0.222 e. The Labute approximate surface area is 98.0 Å². The highest BCUT2D eigenvalue weighted by Gasteiger charge is 2.51. The van der Waals surface area contributed by atoms with Crippen molar-refractivity contribution < 1.29 is 10.0 Å². The average Bonchev–Trinajstić information content (AvgIpc) is 2.30. The van der Waals surface area contributed by atoms with Crippen LogP contribution in [0.1, 0.15) is 53.9 Å². The molecule has 1 fully saturated rings. The van der Waals surface area contributed by atoms with Crippen LogP contribution < -0.4 is 5.32 Å². The van der Waals surface area contributed by atoms with Gasteiger partial charge in [-0.2, -0.15) is 0 Å². The standard InChI is InChI=1S/C12H24N2O2/c1-6-11(4)8-10(15)13-9(3)12(5,7-2)14(11)16/h9,16H,6-8H2,1-5H3,(H,13,15)/p+1. The van der Waals surface area contributed by atoms with Gasteiger partial charge in [0.15, 0.2) is 0 Å². The Balaban J connectivity index is 3.15. The van der Waals surface area contributed by atoms with Gasteiger partial charge in [0.2, 0.25) is 5.91 Å². The zero-order valence-corrected chi connectivity index (χ0v) is 11.1. The van der Waals surface area contributed by atoms with E-state index in [1.54, 1.807) is 5.06 Å².